The SMILES string of the molecule is Cl.Cl.OC1(C(CN2CCC(N3CCCCC3)CC2)c2ccc(OCCc3ccccc3)cc2)CCCCC1. The van der Waals surface area contributed by atoms with Gasteiger partial charge in [0.1, 0.15) is 5.75 Å². The Hall–Kier alpha value is -1.30. The lowest BCUT2D eigenvalue weighted by Gasteiger charge is -2.44. The normalized spacial score (nSPS) is 21.6. The van der Waals surface area contributed by atoms with Crippen LogP contribution in [-0.4, -0.2) is 65.9 Å². The van der Waals surface area contributed by atoms with E-state index in [1.807, 2.05) is 0 Å². The van der Waals surface area contributed by atoms with Crippen LogP contribution >= 0.6 is 24.8 Å². The fourth-order valence-electron chi connectivity index (χ4n) is 6.83. The number of nitrogens with zero attached hydrogens (tertiary/aromatic N) is 2. The van der Waals surface area contributed by atoms with Crippen LogP contribution in [-0.2, 0) is 6.42 Å². The van der Waals surface area contributed by atoms with Gasteiger partial charge in [-0.25, -0.2) is 0 Å². The molecule has 0 bridgehead atoms. The molecule has 2 aromatic carbocycles. The molecular weight excluding hydrogens is 515 g/mol. The summed E-state index contributed by atoms with van der Waals surface area (Å²) in [6.45, 7) is 6.57. The Bertz CT molecular complexity index is 907. The van der Waals surface area contributed by atoms with Crippen molar-refractivity contribution in [2.75, 3.05) is 39.3 Å². The average Bonchev–Trinajstić information content (AvgIpc) is 2.94. The third-order valence-electron chi connectivity index (χ3n) is 9.06. The van der Waals surface area contributed by atoms with E-state index in [1.54, 1.807) is 0 Å². The molecule has 1 unspecified atom stereocenters. The number of likely N-dealkylation sites (tertiary alicyclic amines) is 2. The molecule has 0 spiro atoms. The van der Waals surface area contributed by atoms with Crippen molar-refractivity contribution in [3.8, 4) is 5.75 Å². The van der Waals surface area contributed by atoms with E-state index in [0.29, 0.717) is 6.61 Å². The van der Waals surface area contributed by atoms with Crippen LogP contribution in [0, 0.1) is 0 Å². The first kappa shape index (κ1) is 31.2. The Balaban J connectivity index is 0.00000200. The number of hydrogen-bond acceptors (Lipinski definition) is 4. The molecule has 2 heterocycles. The van der Waals surface area contributed by atoms with Gasteiger partial charge in [-0.3, -0.25) is 0 Å². The molecule has 1 atom stereocenters. The number of hydrogen-bond donors (Lipinski definition) is 1. The highest BCUT2D eigenvalue weighted by molar-refractivity contribution is 5.85. The van der Waals surface area contributed by atoms with Gasteiger partial charge >= 0.3 is 0 Å². The summed E-state index contributed by atoms with van der Waals surface area (Å²) in [5.41, 5.74) is 1.99. The van der Waals surface area contributed by atoms with Crippen LogP contribution in [0.25, 0.3) is 0 Å². The van der Waals surface area contributed by atoms with Gasteiger partial charge in [-0.2, -0.15) is 0 Å². The van der Waals surface area contributed by atoms with Gasteiger partial charge < -0.3 is 19.6 Å². The number of benzene rings is 2. The second-order valence-electron chi connectivity index (χ2n) is 11.5. The number of halogens is 2. The topological polar surface area (TPSA) is 35.9 Å². The smallest absolute Gasteiger partial charge is 0.119 e. The fourth-order valence-corrected chi connectivity index (χ4v) is 6.83. The van der Waals surface area contributed by atoms with E-state index < -0.39 is 5.60 Å². The molecule has 2 aromatic rings. The van der Waals surface area contributed by atoms with E-state index in [1.165, 1.54) is 62.7 Å². The molecule has 2 saturated heterocycles. The lowest BCUT2D eigenvalue weighted by atomic mass is 9.72. The Morgan fingerprint density at radius 2 is 1.42 bits per heavy atom. The summed E-state index contributed by atoms with van der Waals surface area (Å²) in [4.78, 5) is 5.39. The van der Waals surface area contributed by atoms with Gasteiger partial charge in [-0.1, -0.05) is 68.1 Å². The summed E-state index contributed by atoms with van der Waals surface area (Å²) < 4.78 is 6.06. The lowest BCUT2D eigenvalue weighted by molar-refractivity contribution is -0.0343. The summed E-state index contributed by atoms with van der Waals surface area (Å²) >= 11 is 0. The van der Waals surface area contributed by atoms with Gasteiger partial charge in [-0.05, 0) is 88.0 Å². The van der Waals surface area contributed by atoms with E-state index in [4.69, 9.17) is 4.74 Å². The van der Waals surface area contributed by atoms with Crippen molar-refractivity contribution < 1.29 is 9.84 Å². The van der Waals surface area contributed by atoms with Gasteiger partial charge in [-0.15, -0.1) is 24.8 Å². The van der Waals surface area contributed by atoms with Crippen molar-refractivity contribution >= 4 is 24.8 Å². The lowest BCUT2D eigenvalue weighted by Crippen LogP contribution is -2.50. The van der Waals surface area contributed by atoms with Crippen molar-refractivity contribution in [1.29, 1.82) is 0 Å². The molecule has 0 amide bonds. The molecule has 1 saturated carbocycles. The summed E-state index contributed by atoms with van der Waals surface area (Å²) in [6, 6.07) is 19.9. The van der Waals surface area contributed by atoms with Crippen LogP contribution in [0.15, 0.2) is 54.6 Å². The average molecular weight is 564 g/mol. The van der Waals surface area contributed by atoms with Crippen molar-refractivity contribution in [2.45, 2.75) is 88.2 Å². The van der Waals surface area contributed by atoms with Gasteiger partial charge in [0, 0.05) is 24.9 Å². The molecule has 3 fully saturated rings. The van der Waals surface area contributed by atoms with Crippen molar-refractivity contribution in [2.24, 2.45) is 0 Å². The maximum atomic E-state index is 11.8. The molecule has 0 aromatic heterocycles. The van der Waals surface area contributed by atoms with Crippen LogP contribution in [0.3, 0.4) is 0 Å². The Morgan fingerprint density at radius 1 is 0.789 bits per heavy atom. The summed E-state index contributed by atoms with van der Waals surface area (Å²) in [5, 5.41) is 11.8. The number of piperidine rings is 2. The molecule has 3 aliphatic rings. The molecule has 2 aliphatic heterocycles. The Morgan fingerprint density at radius 3 is 2.08 bits per heavy atom. The highest BCUT2D eigenvalue weighted by Gasteiger charge is 2.40. The quantitative estimate of drug-likeness (QED) is 0.361. The standard InChI is InChI=1S/C32H46N2O2.2ClH/c35-32(19-6-2-7-20-32)31(26-33-23-16-29(17-24-33)34-21-8-3-9-22-34)28-12-14-30(15-13-28)36-25-18-27-10-4-1-5-11-27;;/h1,4-5,10-15,29,31,35H,2-3,6-9,16-26H2;2*1H. The molecule has 6 heteroatoms. The van der Waals surface area contributed by atoms with Crippen LogP contribution in [0.1, 0.15) is 81.3 Å². The first-order valence-electron chi connectivity index (χ1n) is 14.7. The zero-order valence-electron chi connectivity index (χ0n) is 22.9. The van der Waals surface area contributed by atoms with Crippen LogP contribution in [0.2, 0.25) is 0 Å². The number of aliphatic hydroxyl groups is 1. The number of ether oxygens (including phenoxy) is 1. The highest BCUT2D eigenvalue weighted by Crippen LogP contribution is 2.41. The number of rotatable bonds is 9. The zero-order valence-corrected chi connectivity index (χ0v) is 24.6. The molecule has 38 heavy (non-hydrogen) atoms. The minimum Gasteiger partial charge on any atom is -0.493 e. The van der Waals surface area contributed by atoms with Crippen LogP contribution < -0.4 is 4.74 Å². The van der Waals surface area contributed by atoms with E-state index in [9.17, 15) is 5.11 Å². The van der Waals surface area contributed by atoms with Crippen molar-refractivity contribution in [1.82, 2.24) is 9.80 Å². The summed E-state index contributed by atoms with van der Waals surface area (Å²) in [5.74, 6) is 1.09. The highest BCUT2D eigenvalue weighted by atomic mass is 35.5. The second-order valence-corrected chi connectivity index (χ2v) is 11.5. The molecule has 1 aliphatic carbocycles. The third-order valence-corrected chi connectivity index (χ3v) is 9.06. The van der Waals surface area contributed by atoms with Crippen molar-refractivity contribution in [3.05, 3.63) is 65.7 Å². The predicted octanol–water partition coefficient (Wildman–Crippen LogP) is 6.88. The van der Waals surface area contributed by atoms with E-state index in [-0.39, 0.29) is 30.7 Å². The van der Waals surface area contributed by atoms with Gasteiger partial charge in [0.25, 0.3) is 0 Å². The monoisotopic (exact) mass is 562 g/mol. The largest absolute Gasteiger partial charge is 0.493 e. The Labute approximate surface area is 243 Å². The molecule has 1 N–H and O–H groups in total. The maximum Gasteiger partial charge on any atom is 0.119 e. The molecule has 5 rings (SSSR count). The minimum absolute atomic E-state index is 0. The fraction of sp³-hybridized carbons (Fsp3) is 0.625. The van der Waals surface area contributed by atoms with Gasteiger partial charge in [0.15, 0.2) is 0 Å². The summed E-state index contributed by atoms with van der Waals surface area (Å²) in [7, 11) is 0. The van der Waals surface area contributed by atoms with E-state index >= 15 is 0 Å². The molecule has 0 radical (unpaired) electrons. The molecule has 212 valence electrons. The van der Waals surface area contributed by atoms with Crippen LogP contribution in [0.5, 0.6) is 5.75 Å². The summed E-state index contributed by atoms with van der Waals surface area (Å²) in [6.07, 6.45) is 13.0. The van der Waals surface area contributed by atoms with E-state index in [0.717, 1.165) is 63.5 Å². The third kappa shape index (κ3) is 8.35. The predicted molar refractivity (Wildman–Crippen MR) is 162 cm³/mol. The van der Waals surface area contributed by atoms with Gasteiger partial charge in [0.05, 0.1) is 12.2 Å². The van der Waals surface area contributed by atoms with Crippen molar-refractivity contribution in [3.63, 3.8) is 0 Å². The molecular formula is C32H48Cl2N2O2. The maximum absolute atomic E-state index is 11.8. The van der Waals surface area contributed by atoms with Gasteiger partial charge in [0.2, 0.25) is 0 Å². The van der Waals surface area contributed by atoms with E-state index in [2.05, 4.69) is 64.4 Å². The minimum atomic E-state index is -0.586. The zero-order chi connectivity index (χ0) is 24.6. The second kappa shape index (κ2) is 15.5. The van der Waals surface area contributed by atoms with Crippen LogP contribution in [0.4, 0.5) is 0 Å². The first-order chi connectivity index (χ1) is 17.7. The first-order valence-corrected chi connectivity index (χ1v) is 14.7. The Kier molecular flexibility index (Phi) is 12.7. The molecule has 4 nitrogen and oxygen atoms in total.